The van der Waals surface area contributed by atoms with Crippen molar-refractivity contribution in [3.63, 3.8) is 0 Å². The van der Waals surface area contributed by atoms with E-state index in [4.69, 9.17) is 9.47 Å². The van der Waals surface area contributed by atoms with Crippen LogP contribution in [0, 0.1) is 11.8 Å². The topological polar surface area (TPSA) is 47.6 Å². The first kappa shape index (κ1) is 20.7. The molecule has 1 N–H and O–H groups in total. The number of hydrogen-bond donors (Lipinski definition) is 1. The summed E-state index contributed by atoms with van der Waals surface area (Å²) in [6.07, 6.45) is 0.588. The van der Waals surface area contributed by atoms with Crippen LogP contribution in [-0.2, 0) is 20.7 Å². The van der Waals surface area contributed by atoms with E-state index >= 15 is 0 Å². The fourth-order valence-electron chi connectivity index (χ4n) is 2.62. The molecule has 0 aliphatic heterocycles. The van der Waals surface area contributed by atoms with Gasteiger partial charge in [-0.15, -0.1) is 0 Å². The number of nitrogens with one attached hydrogen (secondary N) is 1. The Kier molecular flexibility index (Phi) is 9.01. The Morgan fingerprint density at radius 1 is 1.04 bits per heavy atom. The number of carbonyl (C=O) groups excluding carboxylic acids is 1. The summed E-state index contributed by atoms with van der Waals surface area (Å²) in [7, 11) is 1.62. The summed E-state index contributed by atoms with van der Waals surface area (Å²) in [6.45, 7) is 11.3. The molecule has 0 aliphatic rings. The number of benzene rings is 1. The van der Waals surface area contributed by atoms with Crippen molar-refractivity contribution in [2.75, 3.05) is 20.3 Å². The highest BCUT2D eigenvalue weighted by Gasteiger charge is 2.22. The molecule has 0 saturated carbocycles. The summed E-state index contributed by atoms with van der Waals surface area (Å²) in [5.41, 5.74) is 2.47. The van der Waals surface area contributed by atoms with Crippen LogP contribution in [0.2, 0.25) is 0 Å². The van der Waals surface area contributed by atoms with Crippen LogP contribution >= 0.6 is 0 Å². The minimum atomic E-state index is -0.485. The Morgan fingerprint density at radius 2 is 1.67 bits per heavy atom. The van der Waals surface area contributed by atoms with E-state index < -0.39 is 6.10 Å². The van der Waals surface area contributed by atoms with E-state index in [2.05, 4.69) is 57.3 Å². The molecule has 1 amide bonds. The molecule has 1 aromatic carbocycles. The molecule has 0 saturated heterocycles. The van der Waals surface area contributed by atoms with Gasteiger partial charge >= 0.3 is 0 Å². The maximum absolute atomic E-state index is 12.4. The molecule has 0 aliphatic carbocycles. The zero-order chi connectivity index (χ0) is 18.1. The third kappa shape index (κ3) is 7.02. The van der Waals surface area contributed by atoms with Crippen molar-refractivity contribution < 1.29 is 14.3 Å². The lowest BCUT2D eigenvalue weighted by atomic mass is 9.93. The monoisotopic (exact) mass is 335 g/mol. The van der Waals surface area contributed by atoms with Crippen molar-refractivity contribution in [2.45, 2.75) is 53.2 Å². The normalized spacial score (nSPS) is 14.0. The van der Waals surface area contributed by atoms with Crippen LogP contribution < -0.4 is 5.32 Å². The van der Waals surface area contributed by atoms with Gasteiger partial charge in [-0.1, -0.05) is 52.0 Å². The minimum Gasteiger partial charge on any atom is -0.382 e. The van der Waals surface area contributed by atoms with E-state index in [1.54, 1.807) is 14.0 Å². The van der Waals surface area contributed by atoms with Gasteiger partial charge in [0.1, 0.15) is 6.10 Å². The van der Waals surface area contributed by atoms with Crippen molar-refractivity contribution in [2.24, 2.45) is 11.8 Å². The van der Waals surface area contributed by atoms with E-state index in [-0.39, 0.29) is 11.9 Å². The molecule has 2 atom stereocenters. The van der Waals surface area contributed by atoms with Crippen LogP contribution in [0.1, 0.15) is 51.8 Å². The highest BCUT2D eigenvalue weighted by Crippen LogP contribution is 2.23. The minimum absolute atomic E-state index is 0.0147. The zero-order valence-corrected chi connectivity index (χ0v) is 16.0. The Balaban J connectivity index is 2.71. The molecule has 0 aromatic heterocycles. The van der Waals surface area contributed by atoms with Crippen LogP contribution in [0.5, 0.6) is 0 Å². The number of hydrogen-bond acceptors (Lipinski definition) is 3. The second-order valence-electron chi connectivity index (χ2n) is 7.08. The van der Waals surface area contributed by atoms with Gasteiger partial charge in [-0.3, -0.25) is 4.79 Å². The molecule has 24 heavy (non-hydrogen) atoms. The fourth-order valence-corrected chi connectivity index (χ4v) is 2.62. The second kappa shape index (κ2) is 10.5. The van der Waals surface area contributed by atoms with Crippen molar-refractivity contribution in [3.8, 4) is 0 Å². The zero-order valence-electron chi connectivity index (χ0n) is 16.0. The van der Waals surface area contributed by atoms with Gasteiger partial charge in [-0.05, 0) is 36.3 Å². The molecule has 2 unspecified atom stereocenters. The van der Waals surface area contributed by atoms with E-state index in [1.165, 1.54) is 5.56 Å². The molecular weight excluding hydrogens is 302 g/mol. The summed E-state index contributed by atoms with van der Waals surface area (Å²) < 4.78 is 10.4. The lowest BCUT2D eigenvalue weighted by Crippen LogP contribution is -2.39. The van der Waals surface area contributed by atoms with E-state index in [0.717, 1.165) is 12.0 Å². The van der Waals surface area contributed by atoms with E-state index in [0.29, 0.717) is 25.0 Å². The lowest BCUT2D eigenvalue weighted by molar-refractivity contribution is -0.133. The molecular formula is C20H33NO3. The van der Waals surface area contributed by atoms with Crippen molar-refractivity contribution in [3.05, 3.63) is 35.4 Å². The number of rotatable bonds is 10. The molecule has 4 heteroatoms. The SMILES string of the molecule is COCCOC(C)C(=O)NC(c1ccc(CC(C)C)cc1)C(C)C. The third-order valence-corrected chi connectivity index (χ3v) is 3.97. The molecule has 4 nitrogen and oxygen atoms in total. The second-order valence-corrected chi connectivity index (χ2v) is 7.08. The Hall–Kier alpha value is -1.39. The average Bonchev–Trinajstić information content (AvgIpc) is 2.52. The van der Waals surface area contributed by atoms with Crippen LogP contribution in [0.3, 0.4) is 0 Å². The van der Waals surface area contributed by atoms with Crippen LogP contribution in [-0.4, -0.2) is 32.3 Å². The highest BCUT2D eigenvalue weighted by atomic mass is 16.5. The summed E-state index contributed by atoms with van der Waals surface area (Å²) in [5.74, 6) is 0.855. The van der Waals surface area contributed by atoms with Crippen molar-refractivity contribution in [1.82, 2.24) is 5.32 Å². The van der Waals surface area contributed by atoms with Crippen LogP contribution in [0.4, 0.5) is 0 Å². The smallest absolute Gasteiger partial charge is 0.249 e. The maximum Gasteiger partial charge on any atom is 0.249 e. The van der Waals surface area contributed by atoms with Gasteiger partial charge in [0.05, 0.1) is 19.3 Å². The molecule has 0 bridgehead atoms. The summed E-state index contributed by atoms with van der Waals surface area (Å²) >= 11 is 0. The number of amides is 1. The highest BCUT2D eigenvalue weighted by molar-refractivity contribution is 5.80. The summed E-state index contributed by atoms with van der Waals surface area (Å²) in [6, 6.07) is 8.56. The van der Waals surface area contributed by atoms with Gasteiger partial charge < -0.3 is 14.8 Å². The van der Waals surface area contributed by atoms with Gasteiger partial charge in [0.25, 0.3) is 0 Å². The van der Waals surface area contributed by atoms with Gasteiger partial charge in [0.15, 0.2) is 0 Å². The van der Waals surface area contributed by atoms with Crippen LogP contribution in [0.15, 0.2) is 24.3 Å². The Morgan fingerprint density at radius 3 is 2.17 bits per heavy atom. The predicted octanol–water partition coefficient (Wildman–Crippen LogP) is 3.75. The first-order chi connectivity index (χ1) is 11.3. The van der Waals surface area contributed by atoms with E-state index in [9.17, 15) is 4.79 Å². The van der Waals surface area contributed by atoms with Crippen molar-refractivity contribution >= 4 is 5.91 Å². The molecule has 0 fully saturated rings. The van der Waals surface area contributed by atoms with Crippen LogP contribution in [0.25, 0.3) is 0 Å². The van der Waals surface area contributed by atoms with Gasteiger partial charge in [-0.2, -0.15) is 0 Å². The number of carbonyl (C=O) groups is 1. The predicted molar refractivity (Wildman–Crippen MR) is 98.0 cm³/mol. The molecule has 1 rings (SSSR count). The van der Waals surface area contributed by atoms with E-state index in [1.807, 2.05) is 0 Å². The molecule has 1 aromatic rings. The quantitative estimate of drug-likeness (QED) is 0.663. The Bertz CT molecular complexity index is 482. The standard InChI is InChI=1S/C20H33NO3/c1-14(2)13-17-7-9-18(10-8-17)19(15(3)4)21-20(22)16(5)24-12-11-23-6/h7-10,14-16,19H,11-13H2,1-6H3,(H,21,22). The summed E-state index contributed by atoms with van der Waals surface area (Å²) in [4.78, 5) is 12.4. The van der Waals surface area contributed by atoms with Gasteiger partial charge in [0, 0.05) is 7.11 Å². The fraction of sp³-hybridized carbons (Fsp3) is 0.650. The molecule has 0 radical (unpaired) electrons. The lowest BCUT2D eigenvalue weighted by Gasteiger charge is -2.25. The molecule has 0 spiro atoms. The summed E-state index contributed by atoms with van der Waals surface area (Å²) in [5, 5.41) is 3.11. The average molecular weight is 335 g/mol. The number of ether oxygens (including phenoxy) is 2. The third-order valence-electron chi connectivity index (χ3n) is 3.97. The van der Waals surface area contributed by atoms with Gasteiger partial charge in [0.2, 0.25) is 5.91 Å². The largest absolute Gasteiger partial charge is 0.382 e. The molecule has 0 heterocycles. The van der Waals surface area contributed by atoms with Crippen molar-refractivity contribution in [1.29, 1.82) is 0 Å². The number of methoxy groups -OCH3 is 1. The molecule has 136 valence electrons. The first-order valence-corrected chi connectivity index (χ1v) is 8.84. The first-order valence-electron chi connectivity index (χ1n) is 8.84. The van der Waals surface area contributed by atoms with Gasteiger partial charge in [-0.25, -0.2) is 0 Å². The maximum atomic E-state index is 12.4. The Labute approximate surface area is 146 Å².